The molecule has 0 unspecified atom stereocenters. The molecule has 8 nitrogen and oxygen atoms in total. The van der Waals surface area contributed by atoms with Gasteiger partial charge in [-0.05, 0) is 32.9 Å². The summed E-state index contributed by atoms with van der Waals surface area (Å²) in [5.41, 5.74) is 3.46. The van der Waals surface area contributed by atoms with E-state index < -0.39 is 0 Å². The number of amides is 2. The molecule has 0 aliphatic carbocycles. The number of hydrogen-bond acceptors (Lipinski definition) is 7. The number of nitrogens with zero attached hydrogens (tertiary/aromatic N) is 4. The minimum Gasteiger partial charge on any atom is -0.342 e. The molecule has 2 N–H and O–H groups in total. The van der Waals surface area contributed by atoms with Crippen molar-refractivity contribution in [2.75, 3.05) is 11.1 Å². The van der Waals surface area contributed by atoms with Crippen LogP contribution in [0.15, 0.2) is 65.1 Å². The highest BCUT2D eigenvalue weighted by Crippen LogP contribution is 2.25. The van der Waals surface area contributed by atoms with Gasteiger partial charge in [-0.2, -0.15) is 0 Å². The van der Waals surface area contributed by atoms with Gasteiger partial charge in [0, 0.05) is 23.1 Å². The summed E-state index contributed by atoms with van der Waals surface area (Å²) in [7, 11) is 0. The molecule has 0 aliphatic rings. The second kappa shape index (κ2) is 11.3. The molecule has 0 radical (unpaired) electrons. The first-order valence-corrected chi connectivity index (χ1v) is 13.1. The van der Waals surface area contributed by atoms with Gasteiger partial charge in [-0.1, -0.05) is 59.8 Å². The number of thiazole rings is 1. The van der Waals surface area contributed by atoms with Crippen LogP contribution in [0.25, 0.3) is 11.3 Å². The molecular formula is C25H26N6O2S2. The summed E-state index contributed by atoms with van der Waals surface area (Å²) in [6.45, 7) is 6.42. The standard InChI is InChI=1S/C25H26N6O2S2/c1-4-31-22(17(3)26-23(33)19-12-8-9-16(2)13-19)29-30-25(31)35-15-21(32)28-24-27-20(14-34-24)18-10-6-5-7-11-18/h5-14,17H,4,15H2,1-3H3,(H,26,33)(H,27,28,32)/t17-/m0/s1. The molecule has 35 heavy (non-hydrogen) atoms. The van der Waals surface area contributed by atoms with Gasteiger partial charge in [-0.3, -0.25) is 9.59 Å². The first-order chi connectivity index (χ1) is 16.9. The number of thioether (sulfide) groups is 1. The Morgan fingerprint density at radius 2 is 1.91 bits per heavy atom. The van der Waals surface area contributed by atoms with Crippen molar-refractivity contribution in [3.05, 3.63) is 76.9 Å². The van der Waals surface area contributed by atoms with Gasteiger partial charge in [0.15, 0.2) is 16.1 Å². The van der Waals surface area contributed by atoms with E-state index in [4.69, 9.17) is 0 Å². The van der Waals surface area contributed by atoms with Gasteiger partial charge in [-0.25, -0.2) is 4.98 Å². The molecule has 0 bridgehead atoms. The van der Waals surface area contributed by atoms with Crippen LogP contribution in [0.5, 0.6) is 0 Å². The highest BCUT2D eigenvalue weighted by atomic mass is 32.2. The van der Waals surface area contributed by atoms with Gasteiger partial charge in [0.2, 0.25) is 5.91 Å². The number of aromatic nitrogens is 4. The fraction of sp³-hybridized carbons (Fsp3) is 0.240. The van der Waals surface area contributed by atoms with Gasteiger partial charge >= 0.3 is 0 Å². The Hall–Kier alpha value is -3.50. The van der Waals surface area contributed by atoms with Crippen LogP contribution in [0.4, 0.5) is 5.13 Å². The van der Waals surface area contributed by atoms with Crippen molar-refractivity contribution in [3.8, 4) is 11.3 Å². The normalized spacial score (nSPS) is 11.7. The van der Waals surface area contributed by atoms with Gasteiger partial charge in [-0.15, -0.1) is 21.5 Å². The van der Waals surface area contributed by atoms with E-state index in [0.29, 0.717) is 28.2 Å². The third-order valence-corrected chi connectivity index (χ3v) is 6.95. The maximum atomic E-state index is 12.6. The Kier molecular flexibility index (Phi) is 7.94. The lowest BCUT2D eigenvalue weighted by Gasteiger charge is -2.15. The fourth-order valence-corrected chi connectivity index (χ4v) is 5.06. The topological polar surface area (TPSA) is 102 Å². The number of carbonyl (C=O) groups excluding carboxylic acids is 2. The molecule has 4 aromatic rings. The van der Waals surface area contributed by atoms with E-state index in [1.165, 1.54) is 23.1 Å². The first kappa shape index (κ1) is 24.6. The van der Waals surface area contributed by atoms with Crippen molar-refractivity contribution in [3.63, 3.8) is 0 Å². The molecule has 2 amide bonds. The van der Waals surface area contributed by atoms with Gasteiger partial charge < -0.3 is 15.2 Å². The van der Waals surface area contributed by atoms with Crippen molar-refractivity contribution in [2.24, 2.45) is 0 Å². The van der Waals surface area contributed by atoms with Crippen molar-refractivity contribution in [1.82, 2.24) is 25.1 Å². The summed E-state index contributed by atoms with van der Waals surface area (Å²) in [5, 5.41) is 17.5. The molecule has 4 rings (SSSR count). The lowest BCUT2D eigenvalue weighted by molar-refractivity contribution is -0.113. The van der Waals surface area contributed by atoms with Crippen molar-refractivity contribution < 1.29 is 9.59 Å². The van der Waals surface area contributed by atoms with Crippen molar-refractivity contribution in [1.29, 1.82) is 0 Å². The van der Waals surface area contributed by atoms with Crippen molar-refractivity contribution >= 4 is 40.0 Å². The third-order valence-electron chi connectivity index (χ3n) is 5.23. The van der Waals surface area contributed by atoms with Crippen LogP contribution in [0.3, 0.4) is 0 Å². The second-order valence-corrected chi connectivity index (χ2v) is 9.69. The highest BCUT2D eigenvalue weighted by Gasteiger charge is 2.20. The molecule has 180 valence electrons. The third kappa shape index (κ3) is 6.14. The molecule has 0 saturated heterocycles. The van der Waals surface area contributed by atoms with Gasteiger partial charge in [0.05, 0.1) is 17.5 Å². The average molecular weight is 507 g/mol. The summed E-state index contributed by atoms with van der Waals surface area (Å²) < 4.78 is 1.91. The summed E-state index contributed by atoms with van der Waals surface area (Å²) in [5.74, 6) is 0.474. The van der Waals surface area contributed by atoms with Crippen LogP contribution in [-0.4, -0.2) is 37.3 Å². The SMILES string of the molecule is CCn1c(SCC(=O)Nc2nc(-c3ccccc3)cs2)nnc1[C@H](C)NC(=O)c1cccc(C)c1. The second-order valence-electron chi connectivity index (χ2n) is 7.89. The number of benzene rings is 2. The number of nitrogens with one attached hydrogen (secondary N) is 2. The molecule has 0 aliphatic heterocycles. The summed E-state index contributed by atoms with van der Waals surface area (Å²) in [4.78, 5) is 29.7. The zero-order valence-electron chi connectivity index (χ0n) is 19.7. The minimum atomic E-state index is -0.342. The number of rotatable bonds is 9. The maximum Gasteiger partial charge on any atom is 0.251 e. The Morgan fingerprint density at radius 3 is 2.66 bits per heavy atom. The van der Waals surface area contributed by atoms with Crippen LogP contribution in [-0.2, 0) is 11.3 Å². The number of anilines is 1. The molecule has 0 fully saturated rings. The fourth-order valence-electron chi connectivity index (χ4n) is 3.51. The first-order valence-electron chi connectivity index (χ1n) is 11.2. The maximum absolute atomic E-state index is 12.6. The van der Waals surface area contributed by atoms with E-state index in [1.54, 1.807) is 6.07 Å². The van der Waals surface area contributed by atoms with E-state index in [2.05, 4.69) is 25.8 Å². The smallest absolute Gasteiger partial charge is 0.251 e. The number of aryl methyl sites for hydroxylation is 1. The van der Waals surface area contributed by atoms with Crippen molar-refractivity contribution in [2.45, 2.75) is 38.5 Å². The van der Waals surface area contributed by atoms with Crippen LogP contribution in [0, 0.1) is 6.92 Å². The predicted molar refractivity (Wildman–Crippen MR) is 140 cm³/mol. The van der Waals surface area contributed by atoms with E-state index in [0.717, 1.165) is 16.8 Å². The molecule has 2 heterocycles. The highest BCUT2D eigenvalue weighted by molar-refractivity contribution is 7.99. The Labute approximate surface area is 212 Å². The van der Waals surface area contributed by atoms with Crippen LogP contribution >= 0.6 is 23.1 Å². The minimum absolute atomic E-state index is 0.168. The molecule has 0 saturated carbocycles. The quantitative estimate of drug-likeness (QED) is 0.312. The zero-order valence-corrected chi connectivity index (χ0v) is 21.3. The van der Waals surface area contributed by atoms with E-state index in [1.807, 2.05) is 79.2 Å². The lowest BCUT2D eigenvalue weighted by atomic mass is 10.1. The monoisotopic (exact) mass is 506 g/mol. The van der Waals surface area contributed by atoms with E-state index in [-0.39, 0.29) is 23.6 Å². The molecule has 2 aromatic carbocycles. The summed E-state index contributed by atoms with van der Waals surface area (Å²) in [6, 6.07) is 16.9. The molecule has 0 spiro atoms. The molecule has 10 heteroatoms. The zero-order chi connectivity index (χ0) is 24.8. The Balaban J connectivity index is 1.35. The van der Waals surface area contributed by atoms with Crippen LogP contribution in [0.2, 0.25) is 0 Å². The van der Waals surface area contributed by atoms with E-state index >= 15 is 0 Å². The Morgan fingerprint density at radius 1 is 1.11 bits per heavy atom. The molecular weight excluding hydrogens is 480 g/mol. The van der Waals surface area contributed by atoms with Crippen LogP contribution < -0.4 is 10.6 Å². The predicted octanol–water partition coefficient (Wildman–Crippen LogP) is 4.95. The summed E-state index contributed by atoms with van der Waals surface area (Å²) >= 11 is 2.69. The molecule has 2 aromatic heterocycles. The average Bonchev–Trinajstić information content (AvgIpc) is 3.50. The molecule has 1 atom stereocenters. The van der Waals surface area contributed by atoms with E-state index in [9.17, 15) is 9.59 Å². The summed E-state index contributed by atoms with van der Waals surface area (Å²) in [6.07, 6.45) is 0. The van der Waals surface area contributed by atoms with Gasteiger partial charge in [0.1, 0.15) is 0 Å². The number of hydrogen-bond donors (Lipinski definition) is 2. The Bertz CT molecular complexity index is 1320. The lowest BCUT2D eigenvalue weighted by Crippen LogP contribution is -2.28. The largest absolute Gasteiger partial charge is 0.342 e. The van der Waals surface area contributed by atoms with Crippen LogP contribution in [0.1, 0.15) is 41.6 Å². The van der Waals surface area contributed by atoms with Gasteiger partial charge in [0.25, 0.3) is 5.91 Å². The number of carbonyl (C=O) groups is 2.